The topological polar surface area (TPSA) is 58.6 Å². The molecule has 0 spiro atoms. The van der Waals surface area contributed by atoms with Gasteiger partial charge in [0.2, 0.25) is 0 Å². The highest BCUT2D eigenvalue weighted by Gasteiger charge is 2.34. The summed E-state index contributed by atoms with van der Waals surface area (Å²) in [7, 11) is 0. The molecule has 2 amide bonds. The molecule has 5 nitrogen and oxygen atoms in total. The summed E-state index contributed by atoms with van der Waals surface area (Å²) >= 11 is 5.14. The molecule has 0 saturated carbocycles. The van der Waals surface area contributed by atoms with Gasteiger partial charge in [-0.05, 0) is 72.7 Å². The molecule has 7 heteroatoms. The number of carbonyl (C=O) groups excluding carboxylic acids is 2. The molecular formula is C25H19FN2O3S. The zero-order valence-electron chi connectivity index (χ0n) is 17.2. The third-order valence-electron chi connectivity index (χ3n) is 4.87. The number of hydrogen-bond donors (Lipinski definition) is 1. The summed E-state index contributed by atoms with van der Waals surface area (Å²) in [6.07, 6.45) is 1.49. The second-order valence-electron chi connectivity index (χ2n) is 7.28. The molecule has 1 aliphatic rings. The van der Waals surface area contributed by atoms with Gasteiger partial charge < -0.3 is 4.74 Å². The minimum absolute atomic E-state index is 0.0522. The molecule has 1 N–H and O–H groups in total. The van der Waals surface area contributed by atoms with Crippen LogP contribution in [0.5, 0.6) is 5.75 Å². The third kappa shape index (κ3) is 4.73. The first-order chi connectivity index (χ1) is 15.4. The summed E-state index contributed by atoms with van der Waals surface area (Å²) in [5.74, 6) is -0.931. The number of halogens is 1. The van der Waals surface area contributed by atoms with Gasteiger partial charge in [-0.25, -0.2) is 4.39 Å². The van der Waals surface area contributed by atoms with E-state index >= 15 is 0 Å². The quantitative estimate of drug-likeness (QED) is 0.355. The van der Waals surface area contributed by atoms with Crippen LogP contribution >= 0.6 is 12.2 Å². The van der Waals surface area contributed by atoms with Gasteiger partial charge in [-0.1, -0.05) is 42.0 Å². The molecule has 1 saturated heterocycles. The van der Waals surface area contributed by atoms with E-state index in [9.17, 15) is 14.0 Å². The Bertz CT molecular complexity index is 1220. The lowest BCUT2D eigenvalue weighted by atomic mass is 10.1. The largest absolute Gasteiger partial charge is 0.489 e. The molecule has 0 radical (unpaired) electrons. The van der Waals surface area contributed by atoms with Crippen molar-refractivity contribution in [2.75, 3.05) is 4.90 Å². The lowest BCUT2D eigenvalue weighted by molar-refractivity contribution is -0.122. The van der Waals surface area contributed by atoms with Gasteiger partial charge in [0.05, 0.1) is 5.69 Å². The Kier molecular flexibility index (Phi) is 6.09. The van der Waals surface area contributed by atoms with Gasteiger partial charge in [-0.2, -0.15) is 0 Å². The highest BCUT2D eigenvalue weighted by atomic mass is 32.1. The number of nitrogens with zero attached hydrogens (tertiary/aromatic N) is 1. The Hall–Kier alpha value is -3.84. The maximum Gasteiger partial charge on any atom is 0.270 e. The van der Waals surface area contributed by atoms with Crippen LogP contribution in [0.3, 0.4) is 0 Å². The maximum atomic E-state index is 13.2. The molecule has 0 atom stereocenters. The number of carbonyl (C=O) groups is 2. The van der Waals surface area contributed by atoms with Gasteiger partial charge >= 0.3 is 0 Å². The fraction of sp³-hybridized carbons (Fsp3) is 0.0800. The van der Waals surface area contributed by atoms with Gasteiger partial charge in [0, 0.05) is 0 Å². The predicted molar refractivity (Wildman–Crippen MR) is 125 cm³/mol. The van der Waals surface area contributed by atoms with Crippen LogP contribution in [-0.4, -0.2) is 16.9 Å². The monoisotopic (exact) mass is 446 g/mol. The van der Waals surface area contributed by atoms with Crippen LogP contribution in [0.15, 0.2) is 78.4 Å². The molecule has 160 valence electrons. The van der Waals surface area contributed by atoms with Gasteiger partial charge in [0.1, 0.15) is 23.7 Å². The fourth-order valence-electron chi connectivity index (χ4n) is 3.28. The average Bonchev–Trinajstić information content (AvgIpc) is 2.77. The Balaban J connectivity index is 1.51. The summed E-state index contributed by atoms with van der Waals surface area (Å²) in [5, 5.41) is 2.46. The van der Waals surface area contributed by atoms with Crippen LogP contribution in [0.4, 0.5) is 10.1 Å². The minimum Gasteiger partial charge on any atom is -0.489 e. The van der Waals surface area contributed by atoms with E-state index in [4.69, 9.17) is 17.0 Å². The first kappa shape index (κ1) is 21.4. The van der Waals surface area contributed by atoms with E-state index in [2.05, 4.69) is 11.4 Å². The Morgan fingerprint density at radius 3 is 2.44 bits per heavy atom. The number of rotatable bonds is 5. The van der Waals surface area contributed by atoms with Crippen molar-refractivity contribution in [1.82, 2.24) is 5.32 Å². The summed E-state index contributed by atoms with van der Waals surface area (Å²) in [5.41, 5.74) is 3.18. The van der Waals surface area contributed by atoms with E-state index in [0.717, 1.165) is 11.1 Å². The number of amides is 2. The van der Waals surface area contributed by atoms with Crippen LogP contribution in [0.25, 0.3) is 6.08 Å². The number of thiocarbonyl (C=S) groups is 1. The zero-order valence-corrected chi connectivity index (χ0v) is 18.0. The summed E-state index contributed by atoms with van der Waals surface area (Å²) in [6.45, 7) is 2.46. The fourth-order valence-corrected chi connectivity index (χ4v) is 3.56. The Labute approximate surface area is 190 Å². The Morgan fingerprint density at radius 1 is 1.03 bits per heavy atom. The molecule has 0 aliphatic carbocycles. The molecule has 1 heterocycles. The van der Waals surface area contributed by atoms with Crippen LogP contribution in [0.1, 0.15) is 16.7 Å². The van der Waals surface area contributed by atoms with Crippen molar-refractivity contribution in [3.05, 3.63) is 101 Å². The van der Waals surface area contributed by atoms with Crippen molar-refractivity contribution < 1.29 is 18.7 Å². The van der Waals surface area contributed by atoms with Crippen LogP contribution in [0, 0.1) is 12.7 Å². The predicted octanol–water partition coefficient (Wildman–Crippen LogP) is 4.54. The van der Waals surface area contributed by atoms with E-state index in [0.29, 0.717) is 23.6 Å². The van der Waals surface area contributed by atoms with Gasteiger partial charge in [0.25, 0.3) is 11.8 Å². The first-order valence-corrected chi connectivity index (χ1v) is 10.3. The van der Waals surface area contributed by atoms with Crippen molar-refractivity contribution in [3.63, 3.8) is 0 Å². The Morgan fingerprint density at radius 2 is 1.75 bits per heavy atom. The second kappa shape index (κ2) is 9.11. The van der Waals surface area contributed by atoms with Crippen molar-refractivity contribution in [2.45, 2.75) is 13.5 Å². The van der Waals surface area contributed by atoms with Crippen molar-refractivity contribution in [1.29, 1.82) is 0 Å². The number of ether oxygens (including phenoxy) is 1. The molecule has 1 fully saturated rings. The molecule has 0 aromatic heterocycles. The molecule has 3 aromatic carbocycles. The molecule has 32 heavy (non-hydrogen) atoms. The normalized spacial score (nSPS) is 15.1. The molecule has 4 rings (SSSR count). The molecule has 0 bridgehead atoms. The highest BCUT2D eigenvalue weighted by Crippen LogP contribution is 2.23. The highest BCUT2D eigenvalue weighted by molar-refractivity contribution is 7.80. The van der Waals surface area contributed by atoms with Crippen molar-refractivity contribution in [2.24, 2.45) is 0 Å². The minimum atomic E-state index is -0.585. The van der Waals surface area contributed by atoms with E-state index < -0.39 is 17.6 Å². The van der Waals surface area contributed by atoms with Crippen LogP contribution in [0.2, 0.25) is 0 Å². The number of anilines is 1. The molecule has 3 aromatic rings. The van der Waals surface area contributed by atoms with E-state index in [1.807, 2.05) is 25.1 Å². The summed E-state index contributed by atoms with van der Waals surface area (Å²) in [4.78, 5) is 26.6. The van der Waals surface area contributed by atoms with Crippen molar-refractivity contribution >= 4 is 40.9 Å². The molecule has 0 unspecified atom stereocenters. The lowest BCUT2D eigenvalue weighted by Gasteiger charge is -2.28. The maximum absolute atomic E-state index is 13.2. The van der Waals surface area contributed by atoms with E-state index in [1.54, 1.807) is 24.3 Å². The number of hydrogen-bond acceptors (Lipinski definition) is 4. The number of aryl methyl sites for hydroxylation is 1. The van der Waals surface area contributed by atoms with E-state index in [-0.39, 0.29) is 10.7 Å². The first-order valence-electron chi connectivity index (χ1n) is 9.86. The van der Waals surface area contributed by atoms with Crippen molar-refractivity contribution in [3.8, 4) is 5.75 Å². The van der Waals surface area contributed by atoms with Crippen LogP contribution in [-0.2, 0) is 16.2 Å². The average molecular weight is 447 g/mol. The van der Waals surface area contributed by atoms with Gasteiger partial charge in [0.15, 0.2) is 5.11 Å². The van der Waals surface area contributed by atoms with E-state index in [1.165, 1.54) is 35.2 Å². The lowest BCUT2D eigenvalue weighted by Crippen LogP contribution is -2.54. The molecular weight excluding hydrogens is 427 g/mol. The molecule has 1 aliphatic heterocycles. The second-order valence-corrected chi connectivity index (χ2v) is 7.67. The number of nitrogens with one attached hydrogen (secondary N) is 1. The smallest absolute Gasteiger partial charge is 0.270 e. The summed E-state index contributed by atoms with van der Waals surface area (Å²) < 4.78 is 19.1. The number of benzene rings is 3. The summed E-state index contributed by atoms with van der Waals surface area (Å²) in [6, 6.07) is 20.4. The van der Waals surface area contributed by atoms with Crippen LogP contribution < -0.4 is 15.0 Å². The third-order valence-corrected chi connectivity index (χ3v) is 5.15. The van der Waals surface area contributed by atoms with Gasteiger partial charge in [-0.15, -0.1) is 0 Å². The standard InChI is InChI=1S/C25H19FN2O3S/c1-16-3-2-4-18(13-16)15-31-21-11-5-17(6-12-21)14-22-23(29)27-25(32)28(24(22)30)20-9-7-19(26)8-10-20/h2-14H,15H2,1H3,(H,27,29,32). The zero-order chi connectivity index (χ0) is 22.7. The van der Waals surface area contributed by atoms with Gasteiger partial charge in [-0.3, -0.25) is 19.8 Å². The SMILES string of the molecule is Cc1cccc(COc2ccc(C=C3C(=O)NC(=S)N(c4ccc(F)cc4)C3=O)cc2)c1.